The van der Waals surface area contributed by atoms with Gasteiger partial charge in [-0.25, -0.2) is 14.6 Å². The van der Waals surface area contributed by atoms with E-state index >= 15 is 0 Å². The number of thioether (sulfide) groups is 1. The van der Waals surface area contributed by atoms with Crippen molar-refractivity contribution in [3.63, 3.8) is 0 Å². The zero-order valence-corrected chi connectivity index (χ0v) is 20.2. The summed E-state index contributed by atoms with van der Waals surface area (Å²) >= 11 is 2.50. The first-order valence-electron chi connectivity index (χ1n) is 10.7. The Morgan fingerprint density at radius 3 is 2.82 bits per heavy atom. The molecule has 4 heterocycles. The highest BCUT2D eigenvalue weighted by Crippen LogP contribution is 2.52. The number of fused-ring (bicyclic) bond motifs is 1. The van der Waals surface area contributed by atoms with Crippen LogP contribution >= 0.6 is 23.1 Å². The monoisotopic (exact) mass is 507 g/mol. The van der Waals surface area contributed by atoms with Crippen molar-refractivity contribution in [1.82, 2.24) is 14.8 Å². The van der Waals surface area contributed by atoms with Gasteiger partial charge in [-0.2, -0.15) is 0 Å². The van der Waals surface area contributed by atoms with Crippen molar-refractivity contribution in [2.24, 2.45) is 11.8 Å². The van der Waals surface area contributed by atoms with Crippen LogP contribution in [0.4, 0.5) is 4.79 Å². The average Bonchev–Trinajstić information content (AvgIpc) is 3.48. The molecule has 1 fully saturated rings. The number of amides is 2. The molecule has 1 aromatic heterocycles. The number of thiazole rings is 1. The molecule has 0 aliphatic carbocycles. The van der Waals surface area contributed by atoms with Gasteiger partial charge in [0.1, 0.15) is 12.3 Å². The fourth-order valence-corrected chi connectivity index (χ4v) is 6.80. The quantitative estimate of drug-likeness (QED) is 0.355. The minimum atomic E-state index is -1.20. The van der Waals surface area contributed by atoms with E-state index in [1.54, 1.807) is 11.5 Å². The summed E-state index contributed by atoms with van der Waals surface area (Å²) in [7, 11) is 0. The summed E-state index contributed by atoms with van der Waals surface area (Å²) in [4.78, 5) is 44.6. The predicted octanol–water partition coefficient (Wildman–Crippen LogP) is 1.77. The van der Waals surface area contributed by atoms with Crippen molar-refractivity contribution in [3.8, 4) is 0 Å². The van der Waals surface area contributed by atoms with Crippen LogP contribution in [0.3, 0.4) is 0 Å². The molecule has 3 aliphatic heterocycles. The van der Waals surface area contributed by atoms with Crippen molar-refractivity contribution in [1.29, 1.82) is 0 Å². The number of aromatic nitrogens is 1. The SMILES string of the molecule is C=CCOC(=O)N1CC=C(c2csc(SC3=C(C(=O)O)N4C(=O)[C@H]([C@@H](C)O)[C@H]4[C@H]3C)n2)[C@H]1CO. The number of aliphatic hydroxyl groups is 2. The third kappa shape index (κ3) is 3.94. The van der Waals surface area contributed by atoms with Gasteiger partial charge in [0.05, 0.1) is 36.4 Å². The van der Waals surface area contributed by atoms with Crippen LogP contribution in [0.2, 0.25) is 0 Å². The maximum atomic E-state index is 12.5. The molecule has 0 bridgehead atoms. The summed E-state index contributed by atoms with van der Waals surface area (Å²) in [6.07, 6.45) is 1.84. The zero-order chi connectivity index (χ0) is 24.7. The molecule has 0 unspecified atom stereocenters. The van der Waals surface area contributed by atoms with Crippen LogP contribution in [0.25, 0.3) is 5.57 Å². The van der Waals surface area contributed by atoms with Gasteiger partial charge >= 0.3 is 12.1 Å². The standard InChI is InChI=1S/C22H25N3O7S2/c1-4-7-32-22(31)24-6-5-12(14(24)8-26)13-9-33-21(23-13)34-18-10(2)16-15(11(3)27)19(28)25(16)17(18)20(29)30/h4-5,9-11,14-16,26-27H,1,6-8H2,2-3H3,(H,29,30)/t10-,11-,14-,15-,16-/m1/s1. The van der Waals surface area contributed by atoms with E-state index in [2.05, 4.69) is 11.6 Å². The molecule has 10 nitrogen and oxygen atoms in total. The summed E-state index contributed by atoms with van der Waals surface area (Å²) in [6.45, 7) is 6.92. The van der Waals surface area contributed by atoms with Crippen LogP contribution in [-0.2, 0) is 14.3 Å². The Morgan fingerprint density at radius 2 is 2.21 bits per heavy atom. The molecule has 2 amide bonds. The maximum absolute atomic E-state index is 12.5. The molecule has 0 radical (unpaired) electrons. The number of rotatable bonds is 8. The molecule has 0 aromatic carbocycles. The minimum absolute atomic E-state index is 0.0643. The highest BCUT2D eigenvalue weighted by atomic mass is 32.2. The molecule has 182 valence electrons. The number of nitrogens with zero attached hydrogens (tertiary/aromatic N) is 3. The first-order chi connectivity index (χ1) is 16.2. The molecule has 3 aliphatic rings. The van der Waals surface area contributed by atoms with Gasteiger partial charge in [0.2, 0.25) is 5.91 Å². The molecular weight excluding hydrogens is 482 g/mol. The number of hydrogen-bond acceptors (Lipinski definition) is 9. The summed E-state index contributed by atoms with van der Waals surface area (Å²) in [6, 6.07) is -1.00. The van der Waals surface area contributed by atoms with Gasteiger partial charge in [-0.05, 0) is 6.92 Å². The molecule has 1 aromatic rings. The largest absolute Gasteiger partial charge is 0.477 e. The Balaban J connectivity index is 1.54. The van der Waals surface area contributed by atoms with E-state index in [1.165, 1.54) is 45.9 Å². The third-order valence-electron chi connectivity index (χ3n) is 6.26. The van der Waals surface area contributed by atoms with Gasteiger partial charge in [0.15, 0.2) is 4.34 Å². The number of hydrogen-bond donors (Lipinski definition) is 3. The zero-order valence-electron chi connectivity index (χ0n) is 18.6. The molecule has 3 N–H and O–H groups in total. The summed E-state index contributed by atoms with van der Waals surface area (Å²) < 4.78 is 5.66. The van der Waals surface area contributed by atoms with Crippen molar-refractivity contribution >= 4 is 46.6 Å². The van der Waals surface area contributed by atoms with Crippen molar-refractivity contribution in [3.05, 3.63) is 40.4 Å². The number of aliphatic hydroxyl groups excluding tert-OH is 2. The Bertz CT molecular complexity index is 1100. The average molecular weight is 508 g/mol. The second kappa shape index (κ2) is 9.53. The molecule has 1 saturated heterocycles. The smallest absolute Gasteiger partial charge is 0.410 e. The Kier molecular flexibility index (Phi) is 6.85. The van der Waals surface area contributed by atoms with Crippen LogP contribution in [0.15, 0.2) is 39.1 Å². The maximum Gasteiger partial charge on any atom is 0.410 e. The van der Waals surface area contributed by atoms with Gasteiger partial charge in [0, 0.05) is 28.3 Å². The summed E-state index contributed by atoms with van der Waals surface area (Å²) in [5, 5.41) is 31.5. The number of carbonyl (C=O) groups is 3. The Labute approximate surface area is 204 Å². The molecule has 5 atom stereocenters. The normalized spacial score (nSPS) is 26.8. The lowest BCUT2D eigenvalue weighted by molar-refractivity contribution is -0.163. The summed E-state index contributed by atoms with van der Waals surface area (Å²) in [5.74, 6) is -2.48. The first kappa shape index (κ1) is 24.5. The molecular formula is C22H25N3O7S2. The molecule has 0 spiro atoms. The van der Waals surface area contributed by atoms with Crippen LogP contribution in [-0.4, -0.2) is 86.0 Å². The number of ether oxygens (including phenoxy) is 1. The van der Waals surface area contributed by atoms with Crippen LogP contribution < -0.4 is 0 Å². The van der Waals surface area contributed by atoms with Gasteiger partial charge < -0.3 is 25.0 Å². The van der Waals surface area contributed by atoms with Gasteiger partial charge in [-0.3, -0.25) is 9.69 Å². The number of aliphatic carboxylic acids is 1. The van der Waals surface area contributed by atoms with Gasteiger partial charge in [-0.1, -0.05) is 37.4 Å². The van der Waals surface area contributed by atoms with E-state index in [1.807, 2.05) is 6.92 Å². The van der Waals surface area contributed by atoms with Gasteiger partial charge in [-0.15, -0.1) is 11.3 Å². The molecule has 12 heteroatoms. The van der Waals surface area contributed by atoms with Crippen molar-refractivity contribution < 1.29 is 34.4 Å². The Hall–Kier alpha value is -2.67. The van der Waals surface area contributed by atoms with E-state index in [4.69, 9.17) is 4.74 Å². The fourth-order valence-electron chi connectivity index (χ4n) is 4.70. The lowest BCUT2D eigenvalue weighted by Crippen LogP contribution is -2.63. The molecule has 0 saturated carbocycles. The Morgan fingerprint density at radius 1 is 1.47 bits per heavy atom. The molecule has 4 rings (SSSR count). The van der Waals surface area contributed by atoms with Crippen LogP contribution in [0.5, 0.6) is 0 Å². The number of carboxylic acids is 1. The second-order valence-electron chi connectivity index (χ2n) is 8.25. The number of β-lactam (4-membered cyclic amide) rings is 1. The number of carboxylic acid groups (broad SMARTS) is 1. The highest BCUT2D eigenvalue weighted by molar-refractivity contribution is 8.04. The van der Waals surface area contributed by atoms with Crippen LogP contribution in [0.1, 0.15) is 19.5 Å². The van der Waals surface area contributed by atoms with E-state index in [0.29, 0.717) is 20.5 Å². The topological polar surface area (TPSA) is 140 Å². The lowest BCUT2D eigenvalue weighted by Gasteiger charge is -2.46. The predicted molar refractivity (Wildman–Crippen MR) is 125 cm³/mol. The van der Waals surface area contributed by atoms with Crippen LogP contribution in [0, 0.1) is 11.8 Å². The lowest BCUT2D eigenvalue weighted by atomic mass is 9.79. The van der Waals surface area contributed by atoms with E-state index in [-0.39, 0.29) is 37.3 Å². The second-order valence-corrected chi connectivity index (χ2v) is 10.4. The van der Waals surface area contributed by atoms with E-state index < -0.39 is 36.2 Å². The summed E-state index contributed by atoms with van der Waals surface area (Å²) in [5.41, 5.74) is 1.20. The van der Waals surface area contributed by atoms with Crippen molar-refractivity contribution in [2.75, 3.05) is 19.8 Å². The molecule has 34 heavy (non-hydrogen) atoms. The minimum Gasteiger partial charge on any atom is -0.477 e. The van der Waals surface area contributed by atoms with Gasteiger partial charge in [0.25, 0.3) is 0 Å². The first-order valence-corrected chi connectivity index (χ1v) is 12.4. The van der Waals surface area contributed by atoms with E-state index in [0.717, 1.165) is 0 Å². The van der Waals surface area contributed by atoms with Crippen molar-refractivity contribution in [2.45, 2.75) is 36.4 Å². The van der Waals surface area contributed by atoms with E-state index in [9.17, 15) is 29.7 Å². The number of carbonyl (C=O) groups excluding carboxylic acids is 2. The third-order valence-corrected chi connectivity index (χ3v) is 8.49. The fraction of sp³-hybridized carbons (Fsp3) is 0.455. The highest BCUT2D eigenvalue weighted by Gasteiger charge is 2.60.